The van der Waals surface area contributed by atoms with Gasteiger partial charge in [-0.25, -0.2) is 4.79 Å². The van der Waals surface area contributed by atoms with Crippen molar-refractivity contribution in [1.82, 2.24) is 4.57 Å². The molecule has 0 amide bonds. The Morgan fingerprint density at radius 1 is 1.07 bits per heavy atom. The van der Waals surface area contributed by atoms with Crippen molar-refractivity contribution in [3.8, 4) is 5.75 Å². The highest BCUT2D eigenvalue weighted by atomic mass is 16.5. The highest BCUT2D eigenvalue weighted by molar-refractivity contribution is 6.08. The Morgan fingerprint density at radius 3 is 2.57 bits per heavy atom. The number of hydrogen-bond acceptors (Lipinski definition) is 4. The van der Waals surface area contributed by atoms with Gasteiger partial charge in [0.05, 0.1) is 18.8 Å². The third-order valence-electron chi connectivity index (χ3n) is 4.72. The van der Waals surface area contributed by atoms with E-state index < -0.39 is 12.1 Å². The van der Waals surface area contributed by atoms with E-state index in [0.717, 1.165) is 11.1 Å². The first-order chi connectivity index (χ1) is 14.4. The fraction of sp³-hybridized carbons (Fsp3) is 0.250. The molecule has 3 aromatic rings. The molecule has 3 rings (SSSR count). The number of carboxylic acids is 1. The molecule has 0 bridgehead atoms. The fourth-order valence-corrected chi connectivity index (χ4v) is 2.95. The smallest absolute Gasteiger partial charge is 0.332 e. The number of carbonyl (C=O) groups is 2. The minimum absolute atomic E-state index is 0.0216. The predicted molar refractivity (Wildman–Crippen MR) is 113 cm³/mol. The number of benzene rings is 2. The molecule has 156 valence electrons. The number of ether oxygens (including phenoxy) is 2. The van der Waals surface area contributed by atoms with E-state index in [9.17, 15) is 9.59 Å². The summed E-state index contributed by atoms with van der Waals surface area (Å²) in [6, 6.07) is 18.5. The van der Waals surface area contributed by atoms with Gasteiger partial charge in [0.2, 0.25) is 5.78 Å². The van der Waals surface area contributed by atoms with Gasteiger partial charge in [-0.1, -0.05) is 42.0 Å². The molecule has 6 heteroatoms. The molecule has 0 spiro atoms. The maximum Gasteiger partial charge on any atom is 0.332 e. The molecule has 30 heavy (non-hydrogen) atoms. The molecular weight excluding hydrogens is 382 g/mol. The van der Waals surface area contributed by atoms with Crippen LogP contribution in [-0.2, 0) is 22.7 Å². The van der Waals surface area contributed by atoms with Gasteiger partial charge in [-0.2, -0.15) is 0 Å². The Hall–Kier alpha value is -3.38. The molecule has 0 radical (unpaired) electrons. The van der Waals surface area contributed by atoms with Gasteiger partial charge in [-0.15, -0.1) is 0 Å². The summed E-state index contributed by atoms with van der Waals surface area (Å²) in [5.41, 5.74) is 3.22. The zero-order valence-electron chi connectivity index (χ0n) is 17.1. The maximum absolute atomic E-state index is 12.8. The third kappa shape index (κ3) is 5.58. The van der Waals surface area contributed by atoms with Crippen LogP contribution in [0.1, 0.15) is 34.1 Å². The molecule has 0 saturated carbocycles. The minimum atomic E-state index is -0.995. The van der Waals surface area contributed by atoms with Gasteiger partial charge in [0.25, 0.3) is 0 Å². The lowest BCUT2D eigenvalue weighted by atomic mass is 10.1. The van der Waals surface area contributed by atoms with Gasteiger partial charge in [0.1, 0.15) is 12.4 Å². The van der Waals surface area contributed by atoms with Gasteiger partial charge < -0.3 is 19.1 Å². The number of aromatic nitrogens is 1. The van der Waals surface area contributed by atoms with Gasteiger partial charge in [0, 0.05) is 11.8 Å². The zero-order valence-corrected chi connectivity index (χ0v) is 17.1. The van der Waals surface area contributed by atoms with E-state index in [2.05, 4.69) is 0 Å². The van der Waals surface area contributed by atoms with E-state index >= 15 is 0 Å². The lowest BCUT2D eigenvalue weighted by Gasteiger charge is -2.12. The quantitative estimate of drug-likeness (QED) is 0.512. The topological polar surface area (TPSA) is 77.8 Å². The van der Waals surface area contributed by atoms with Gasteiger partial charge in [-0.3, -0.25) is 4.79 Å². The monoisotopic (exact) mass is 407 g/mol. The summed E-state index contributed by atoms with van der Waals surface area (Å²) < 4.78 is 13.0. The Labute approximate surface area is 175 Å². The fourth-order valence-electron chi connectivity index (χ4n) is 2.95. The predicted octanol–water partition coefficient (Wildman–Crippen LogP) is 4.10. The molecule has 0 aliphatic carbocycles. The lowest BCUT2D eigenvalue weighted by Crippen LogP contribution is -2.19. The van der Waals surface area contributed by atoms with Crippen molar-refractivity contribution in [2.24, 2.45) is 0 Å². The van der Waals surface area contributed by atoms with Crippen LogP contribution in [0, 0.1) is 6.92 Å². The number of aryl methyl sites for hydroxylation is 1. The average molecular weight is 407 g/mol. The van der Waals surface area contributed by atoms with E-state index in [4.69, 9.17) is 14.6 Å². The standard InChI is InChI=1S/C24H25NO5/c1-17-8-10-20(11-9-17)23(26)22-7-4-12-25(22)13-14-29-21-6-3-5-19(15-21)16-30-18(2)24(27)28/h3-12,15,18H,13-14,16H2,1-2H3,(H,27,28)/t18-/m1/s1. The molecule has 1 N–H and O–H groups in total. The summed E-state index contributed by atoms with van der Waals surface area (Å²) in [6.07, 6.45) is 0.996. The van der Waals surface area contributed by atoms with Crippen LogP contribution in [0.5, 0.6) is 5.75 Å². The molecule has 0 aliphatic rings. The number of hydrogen-bond donors (Lipinski definition) is 1. The molecule has 1 aromatic heterocycles. The summed E-state index contributed by atoms with van der Waals surface area (Å²) >= 11 is 0. The van der Waals surface area contributed by atoms with Crippen LogP contribution < -0.4 is 4.74 Å². The van der Waals surface area contributed by atoms with E-state index in [1.165, 1.54) is 6.92 Å². The van der Waals surface area contributed by atoms with Gasteiger partial charge in [-0.05, 0) is 43.7 Å². The van der Waals surface area contributed by atoms with Crippen LogP contribution in [0.3, 0.4) is 0 Å². The van der Waals surface area contributed by atoms with E-state index in [1.54, 1.807) is 0 Å². The number of ketones is 1. The van der Waals surface area contributed by atoms with Crippen LogP contribution in [0.25, 0.3) is 0 Å². The van der Waals surface area contributed by atoms with E-state index in [-0.39, 0.29) is 12.4 Å². The zero-order chi connectivity index (χ0) is 21.5. The Bertz CT molecular complexity index is 1010. The molecule has 1 atom stereocenters. The van der Waals surface area contributed by atoms with Crippen LogP contribution in [-0.4, -0.2) is 34.1 Å². The number of carboxylic acid groups (broad SMARTS) is 1. The maximum atomic E-state index is 12.8. The van der Waals surface area contributed by atoms with E-state index in [1.807, 2.05) is 78.4 Å². The number of aliphatic carboxylic acids is 1. The average Bonchev–Trinajstić information content (AvgIpc) is 3.21. The van der Waals surface area contributed by atoms with Gasteiger partial charge >= 0.3 is 5.97 Å². The molecule has 6 nitrogen and oxygen atoms in total. The van der Waals surface area contributed by atoms with Crippen molar-refractivity contribution >= 4 is 11.8 Å². The molecule has 0 fully saturated rings. The van der Waals surface area contributed by atoms with Crippen molar-refractivity contribution in [2.75, 3.05) is 6.61 Å². The second-order valence-corrected chi connectivity index (χ2v) is 7.07. The second-order valence-electron chi connectivity index (χ2n) is 7.07. The lowest BCUT2D eigenvalue weighted by molar-refractivity contribution is -0.149. The summed E-state index contributed by atoms with van der Waals surface area (Å²) in [7, 11) is 0. The summed E-state index contributed by atoms with van der Waals surface area (Å²) in [6.45, 7) is 4.59. The molecule has 2 aromatic carbocycles. The number of nitrogens with zero attached hydrogens (tertiary/aromatic N) is 1. The molecule has 0 aliphatic heterocycles. The van der Waals surface area contributed by atoms with Crippen molar-refractivity contribution in [2.45, 2.75) is 33.1 Å². The minimum Gasteiger partial charge on any atom is -0.492 e. The molecule has 0 unspecified atom stereocenters. The molecule has 0 saturated heterocycles. The van der Waals surface area contributed by atoms with Crippen LogP contribution in [0.4, 0.5) is 0 Å². The first kappa shape index (κ1) is 21.3. The Balaban J connectivity index is 1.57. The molecule has 1 heterocycles. The first-order valence-corrected chi connectivity index (χ1v) is 9.76. The van der Waals surface area contributed by atoms with Crippen molar-refractivity contribution in [1.29, 1.82) is 0 Å². The van der Waals surface area contributed by atoms with Crippen molar-refractivity contribution in [3.05, 3.63) is 89.2 Å². The van der Waals surface area contributed by atoms with Crippen molar-refractivity contribution in [3.63, 3.8) is 0 Å². The van der Waals surface area contributed by atoms with E-state index in [0.29, 0.717) is 30.2 Å². The normalized spacial score (nSPS) is 11.8. The Kier molecular flexibility index (Phi) is 7.03. The summed E-state index contributed by atoms with van der Waals surface area (Å²) in [5, 5.41) is 8.89. The SMILES string of the molecule is Cc1ccc(C(=O)c2cccn2CCOc2cccc(CO[C@H](C)C(=O)O)c2)cc1. The molecular formula is C24H25NO5. The van der Waals surface area contributed by atoms with Crippen LogP contribution in [0.15, 0.2) is 66.9 Å². The summed E-state index contributed by atoms with van der Waals surface area (Å²) in [5.74, 6) is -0.352. The highest BCUT2D eigenvalue weighted by Crippen LogP contribution is 2.16. The van der Waals surface area contributed by atoms with Crippen LogP contribution in [0.2, 0.25) is 0 Å². The van der Waals surface area contributed by atoms with Crippen molar-refractivity contribution < 1.29 is 24.2 Å². The van der Waals surface area contributed by atoms with Gasteiger partial charge in [0.15, 0.2) is 6.10 Å². The second kappa shape index (κ2) is 9.89. The number of rotatable bonds is 10. The summed E-state index contributed by atoms with van der Waals surface area (Å²) in [4.78, 5) is 23.6. The van der Waals surface area contributed by atoms with Crippen LogP contribution >= 0.6 is 0 Å². The highest BCUT2D eigenvalue weighted by Gasteiger charge is 2.13. The third-order valence-corrected chi connectivity index (χ3v) is 4.72. The Morgan fingerprint density at radius 2 is 1.83 bits per heavy atom. The largest absolute Gasteiger partial charge is 0.492 e. The first-order valence-electron chi connectivity index (χ1n) is 9.76. The number of carbonyl (C=O) groups excluding carboxylic acids is 1.